The van der Waals surface area contributed by atoms with Crippen LogP contribution in [0.3, 0.4) is 0 Å². The number of ether oxygens (including phenoxy) is 3. The Balaban J connectivity index is 1.32. The number of aliphatic imine (C=N–C) groups is 1. The molecule has 0 aliphatic carbocycles. The van der Waals surface area contributed by atoms with Gasteiger partial charge in [-0.3, -0.25) is 4.99 Å². The third-order valence-electron chi connectivity index (χ3n) is 4.97. The van der Waals surface area contributed by atoms with Crippen LogP contribution in [0.1, 0.15) is 24.0 Å². The first-order chi connectivity index (χ1) is 14.8. The van der Waals surface area contributed by atoms with Crippen LogP contribution in [0.4, 0.5) is 0 Å². The lowest BCUT2D eigenvalue weighted by Gasteiger charge is -2.13. The van der Waals surface area contributed by atoms with E-state index in [0.717, 1.165) is 68.6 Å². The maximum Gasteiger partial charge on any atom is 0.191 e. The molecule has 0 spiro atoms. The molecule has 1 unspecified atom stereocenters. The molecule has 3 rings (SSSR count). The summed E-state index contributed by atoms with van der Waals surface area (Å²) >= 11 is 0. The van der Waals surface area contributed by atoms with Gasteiger partial charge in [0, 0.05) is 39.3 Å². The first-order valence-electron chi connectivity index (χ1n) is 10.7. The van der Waals surface area contributed by atoms with Crippen molar-refractivity contribution in [1.29, 1.82) is 0 Å². The first-order valence-corrected chi connectivity index (χ1v) is 10.7. The van der Waals surface area contributed by atoms with Gasteiger partial charge in [-0.05, 0) is 36.1 Å². The molecule has 2 aromatic rings. The molecule has 1 saturated heterocycles. The van der Waals surface area contributed by atoms with E-state index in [4.69, 9.17) is 14.2 Å². The summed E-state index contributed by atoms with van der Waals surface area (Å²) in [5.74, 6) is 2.22. The normalized spacial score (nSPS) is 16.4. The Labute approximate surface area is 179 Å². The van der Waals surface area contributed by atoms with E-state index in [2.05, 4.69) is 39.9 Å². The zero-order valence-electron chi connectivity index (χ0n) is 17.8. The highest BCUT2D eigenvalue weighted by atomic mass is 16.5. The van der Waals surface area contributed by atoms with Crippen LogP contribution < -0.4 is 15.4 Å². The van der Waals surface area contributed by atoms with Crippen molar-refractivity contribution in [3.63, 3.8) is 0 Å². The summed E-state index contributed by atoms with van der Waals surface area (Å²) in [4.78, 5) is 4.29. The molecular formula is C24H33N3O3. The van der Waals surface area contributed by atoms with Crippen LogP contribution in [0.15, 0.2) is 59.6 Å². The highest BCUT2D eigenvalue weighted by Crippen LogP contribution is 2.15. The smallest absolute Gasteiger partial charge is 0.191 e. The zero-order chi connectivity index (χ0) is 20.9. The number of rotatable bonds is 11. The number of hydrogen-bond acceptors (Lipinski definition) is 4. The molecule has 1 fully saturated rings. The Bertz CT molecular complexity index is 761. The molecule has 1 atom stereocenters. The summed E-state index contributed by atoms with van der Waals surface area (Å²) in [7, 11) is 1.78. The summed E-state index contributed by atoms with van der Waals surface area (Å²) in [6.45, 7) is 5.34. The van der Waals surface area contributed by atoms with E-state index < -0.39 is 0 Å². The lowest BCUT2D eigenvalue weighted by molar-refractivity contribution is 0.0888. The van der Waals surface area contributed by atoms with Crippen molar-refractivity contribution in [1.82, 2.24) is 10.6 Å². The van der Waals surface area contributed by atoms with Gasteiger partial charge in [0.1, 0.15) is 12.4 Å². The maximum absolute atomic E-state index is 5.91. The lowest BCUT2D eigenvalue weighted by atomic mass is 10.1. The van der Waals surface area contributed by atoms with E-state index in [9.17, 15) is 0 Å². The number of hydrogen-bond donors (Lipinski definition) is 2. The molecule has 1 aliphatic rings. The fourth-order valence-corrected chi connectivity index (χ4v) is 3.24. The Kier molecular flexibility index (Phi) is 9.50. The maximum atomic E-state index is 5.91. The second-order valence-electron chi connectivity index (χ2n) is 7.43. The molecule has 0 aromatic heterocycles. The summed E-state index contributed by atoms with van der Waals surface area (Å²) in [5.41, 5.74) is 2.30. The summed E-state index contributed by atoms with van der Waals surface area (Å²) < 4.78 is 17.0. The second kappa shape index (κ2) is 12.9. The van der Waals surface area contributed by atoms with Gasteiger partial charge in [0.25, 0.3) is 0 Å². The molecule has 0 amide bonds. The fourth-order valence-electron chi connectivity index (χ4n) is 3.24. The highest BCUT2D eigenvalue weighted by molar-refractivity contribution is 5.79. The van der Waals surface area contributed by atoms with Gasteiger partial charge >= 0.3 is 0 Å². The summed E-state index contributed by atoms with van der Waals surface area (Å²) in [6, 6.07) is 18.3. The minimum absolute atomic E-state index is 0.566. The molecule has 2 aromatic carbocycles. The van der Waals surface area contributed by atoms with Crippen LogP contribution in [-0.4, -0.2) is 46.0 Å². The molecular weight excluding hydrogens is 378 g/mol. The van der Waals surface area contributed by atoms with Crippen LogP contribution >= 0.6 is 0 Å². The van der Waals surface area contributed by atoms with E-state index in [1.54, 1.807) is 7.05 Å². The number of nitrogens with one attached hydrogen (secondary N) is 2. The zero-order valence-corrected chi connectivity index (χ0v) is 17.8. The van der Waals surface area contributed by atoms with Crippen molar-refractivity contribution in [2.75, 3.05) is 40.0 Å². The molecule has 0 radical (unpaired) electrons. The van der Waals surface area contributed by atoms with Gasteiger partial charge in [0.2, 0.25) is 0 Å². The van der Waals surface area contributed by atoms with Gasteiger partial charge in [-0.1, -0.05) is 42.5 Å². The Hall–Kier alpha value is -2.57. The summed E-state index contributed by atoms with van der Waals surface area (Å²) in [6.07, 6.45) is 2.06. The topological polar surface area (TPSA) is 64.1 Å². The minimum Gasteiger partial charge on any atom is -0.489 e. The minimum atomic E-state index is 0.566. The van der Waals surface area contributed by atoms with E-state index in [1.807, 2.05) is 30.3 Å². The summed E-state index contributed by atoms with van der Waals surface area (Å²) in [5, 5.41) is 6.68. The second-order valence-corrected chi connectivity index (χ2v) is 7.43. The fraction of sp³-hybridized carbons (Fsp3) is 0.458. The molecule has 30 heavy (non-hydrogen) atoms. The van der Waals surface area contributed by atoms with E-state index in [1.165, 1.54) is 0 Å². The molecule has 2 N–H and O–H groups in total. The number of guanidine groups is 1. The average Bonchev–Trinajstić information content (AvgIpc) is 3.31. The number of nitrogens with zero attached hydrogens (tertiary/aromatic N) is 1. The monoisotopic (exact) mass is 411 g/mol. The van der Waals surface area contributed by atoms with Crippen molar-refractivity contribution in [3.8, 4) is 5.75 Å². The van der Waals surface area contributed by atoms with Gasteiger partial charge in [-0.15, -0.1) is 0 Å². The predicted octanol–water partition coefficient (Wildman–Crippen LogP) is 3.37. The standard InChI is InChI=1S/C24H33N3O3/c1-25-24(26-12-6-13-28-17-22-11-14-29-18-22)27-16-21-9-5-10-23(15-21)30-19-20-7-3-2-4-8-20/h2-5,7-10,15,22H,6,11-14,16-19H2,1H3,(H2,25,26,27). The molecule has 0 saturated carbocycles. The number of benzene rings is 2. The SMILES string of the molecule is CN=C(NCCCOCC1CCOC1)NCc1cccc(OCc2ccccc2)c1. The van der Waals surface area contributed by atoms with Crippen LogP contribution in [0.5, 0.6) is 5.75 Å². The molecule has 6 nitrogen and oxygen atoms in total. The third kappa shape index (κ3) is 8.05. The Morgan fingerprint density at radius 2 is 1.97 bits per heavy atom. The van der Waals surface area contributed by atoms with Gasteiger partial charge in [-0.25, -0.2) is 0 Å². The molecule has 1 aliphatic heterocycles. The highest BCUT2D eigenvalue weighted by Gasteiger charge is 2.15. The molecule has 162 valence electrons. The molecule has 0 bridgehead atoms. The Morgan fingerprint density at radius 3 is 2.77 bits per heavy atom. The van der Waals surface area contributed by atoms with Crippen LogP contribution in [0.2, 0.25) is 0 Å². The average molecular weight is 412 g/mol. The van der Waals surface area contributed by atoms with Crippen molar-refractivity contribution in [3.05, 3.63) is 65.7 Å². The van der Waals surface area contributed by atoms with Crippen molar-refractivity contribution in [2.24, 2.45) is 10.9 Å². The first kappa shape index (κ1) is 22.1. The molecule has 1 heterocycles. The van der Waals surface area contributed by atoms with Crippen LogP contribution in [0.25, 0.3) is 0 Å². The lowest BCUT2D eigenvalue weighted by Crippen LogP contribution is -2.37. The quantitative estimate of drug-likeness (QED) is 0.337. The van der Waals surface area contributed by atoms with E-state index in [-0.39, 0.29) is 0 Å². The van der Waals surface area contributed by atoms with Gasteiger partial charge in [0.05, 0.1) is 13.2 Å². The predicted molar refractivity (Wildman–Crippen MR) is 120 cm³/mol. The van der Waals surface area contributed by atoms with Gasteiger partial charge < -0.3 is 24.8 Å². The van der Waals surface area contributed by atoms with Crippen molar-refractivity contribution >= 4 is 5.96 Å². The molecule has 6 heteroatoms. The van der Waals surface area contributed by atoms with E-state index >= 15 is 0 Å². The van der Waals surface area contributed by atoms with Gasteiger partial charge in [0.15, 0.2) is 5.96 Å². The largest absolute Gasteiger partial charge is 0.489 e. The van der Waals surface area contributed by atoms with Crippen LogP contribution in [-0.2, 0) is 22.6 Å². The van der Waals surface area contributed by atoms with Crippen molar-refractivity contribution < 1.29 is 14.2 Å². The third-order valence-corrected chi connectivity index (χ3v) is 4.97. The van der Waals surface area contributed by atoms with Gasteiger partial charge in [-0.2, -0.15) is 0 Å². The van der Waals surface area contributed by atoms with E-state index in [0.29, 0.717) is 19.1 Å². The van der Waals surface area contributed by atoms with Crippen molar-refractivity contribution in [2.45, 2.75) is 26.0 Å². The Morgan fingerprint density at radius 1 is 1.10 bits per heavy atom. The van der Waals surface area contributed by atoms with Crippen LogP contribution in [0, 0.1) is 5.92 Å².